The van der Waals surface area contributed by atoms with Crippen molar-refractivity contribution in [3.05, 3.63) is 0 Å². The smallest absolute Gasteiger partial charge is 0.191 e. The molecule has 0 aromatic carbocycles. The predicted molar refractivity (Wildman–Crippen MR) is 91.9 cm³/mol. The molecule has 2 fully saturated rings. The van der Waals surface area contributed by atoms with Gasteiger partial charge in [0.1, 0.15) is 0 Å². The van der Waals surface area contributed by atoms with E-state index in [0.717, 1.165) is 64.2 Å². The van der Waals surface area contributed by atoms with Gasteiger partial charge in [-0.3, -0.25) is 4.99 Å². The summed E-state index contributed by atoms with van der Waals surface area (Å²) in [7, 11) is 0. The maximum absolute atomic E-state index is 5.73. The molecule has 20 heavy (non-hydrogen) atoms. The maximum atomic E-state index is 5.73. The van der Waals surface area contributed by atoms with Gasteiger partial charge in [-0.2, -0.15) is 0 Å². The summed E-state index contributed by atoms with van der Waals surface area (Å²) < 4.78 is 11.0. The Morgan fingerprint density at radius 1 is 1.30 bits per heavy atom. The summed E-state index contributed by atoms with van der Waals surface area (Å²) in [5.74, 6) is 1.78. The molecule has 1 saturated carbocycles. The second kappa shape index (κ2) is 10.6. The van der Waals surface area contributed by atoms with Crippen LogP contribution in [0.1, 0.15) is 32.6 Å². The molecule has 1 unspecified atom stereocenters. The van der Waals surface area contributed by atoms with Gasteiger partial charge in [0.05, 0.1) is 12.7 Å². The van der Waals surface area contributed by atoms with Crippen molar-refractivity contribution in [1.82, 2.24) is 10.6 Å². The number of hydrogen-bond donors (Lipinski definition) is 2. The van der Waals surface area contributed by atoms with E-state index in [1.54, 1.807) is 0 Å². The summed E-state index contributed by atoms with van der Waals surface area (Å²) >= 11 is 0. The molecule has 0 bridgehead atoms. The van der Waals surface area contributed by atoms with E-state index in [2.05, 4.69) is 22.5 Å². The Balaban J connectivity index is 0.00000200. The van der Waals surface area contributed by atoms with Crippen LogP contribution in [0.5, 0.6) is 0 Å². The van der Waals surface area contributed by atoms with Crippen LogP contribution in [-0.2, 0) is 9.47 Å². The van der Waals surface area contributed by atoms with Crippen LogP contribution >= 0.6 is 24.0 Å². The average molecular weight is 397 g/mol. The van der Waals surface area contributed by atoms with Crippen LogP contribution in [0.15, 0.2) is 4.99 Å². The molecule has 1 aliphatic heterocycles. The molecule has 118 valence electrons. The number of ether oxygens (including phenoxy) is 2. The molecule has 0 aromatic rings. The summed E-state index contributed by atoms with van der Waals surface area (Å²) in [6.45, 7) is 7.28. The van der Waals surface area contributed by atoms with Crippen LogP contribution in [0.2, 0.25) is 0 Å². The number of nitrogens with zero attached hydrogens (tertiary/aromatic N) is 1. The molecule has 0 aromatic heterocycles. The highest BCUT2D eigenvalue weighted by Crippen LogP contribution is 2.28. The molecule has 0 amide bonds. The summed E-state index contributed by atoms with van der Waals surface area (Å²) in [4.78, 5) is 4.58. The first-order chi connectivity index (χ1) is 9.38. The van der Waals surface area contributed by atoms with Gasteiger partial charge >= 0.3 is 0 Å². The van der Waals surface area contributed by atoms with E-state index in [1.807, 2.05) is 0 Å². The molecule has 2 N–H and O–H groups in total. The SMILES string of the molecule is CCNC(=NCC1CC1)NCCCOC1CCOC1.I. The van der Waals surface area contributed by atoms with Crippen molar-refractivity contribution in [3.8, 4) is 0 Å². The van der Waals surface area contributed by atoms with Crippen LogP contribution in [0.3, 0.4) is 0 Å². The second-order valence-electron chi connectivity index (χ2n) is 5.30. The normalized spacial score (nSPS) is 22.4. The minimum Gasteiger partial charge on any atom is -0.379 e. The zero-order chi connectivity index (χ0) is 13.3. The number of nitrogens with one attached hydrogen (secondary N) is 2. The number of halogens is 1. The Labute approximate surface area is 139 Å². The first-order valence-corrected chi connectivity index (χ1v) is 7.60. The van der Waals surface area contributed by atoms with E-state index >= 15 is 0 Å². The zero-order valence-corrected chi connectivity index (χ0v) is 14.7. The lowest BCUT2D eigenvalue weighted by atomic mass is 10.3. The van der Waals surface area contributed by atoms with Gasteiger partial charge in [-0.25, -0.2) is 0 Å². The van der Waals surface area contributed by atoms with E-state index in [1.165, 1.54) is 12.8 Å². The molecule has 5 nitrogen and oxygen atoms in total. The zero-order valence-electron chi connectivity index (χ0n) is 12.4. The third kappa shape index (κ3) is 7.64. The summed E-state index contributed by atoms with van der Waals surface area (Å²) in [6.07, 6.45) is 5.06. The molecule has 1 atom stereocenters. The highest BCUT2D eigenvalue weighted by atomic mass is 127. The summed E-state index contributed by atoms with van der Waals surface area (Å²) in [6, 6.07) is 0. The molecule has 2 rings (SSSR count). The van der Waals surface area contributed by atoms with Gasteiger partial charge in [0.2, 0.25) is 0 Å². The number of rotatable bonds is 8. The van der Waals surface area contributed by atoms with Crippen molar-refractivity contribution < 1.29 is 9.47 Å². The van der Waals surface area contributed by atoms with Crippen LogP contribution < -0.4 is 10.6 Å². The predicted octanol–water partition coefficient (Wildman–Crippen LogP) is 1.77. The summed E-state index contributed by atoms with van der Waals surface area (Å²) in [5.41, 5.74) is 0. The monoisotopic (exact) mass is 397 g/mol. The quantitative estimate of drug-likeness (QED) is 0.284. The van der Waals surface area contributed by atoms with E-state index in [-0.39, 0.29) is 24.0 Å². The molecule has 0 spiro atoms. The van der Waals surface area contributed by atoms with Crippen molar-refractivity contribution in [2.75, 3.05) is 39.5 Å². The number of aliphatic imine (C=N–C) groups is 1. The van der Waals surface area contributed by atoms with Crippen molar-refractivity contribution in [1.29, 1.82) is 0 Å². The minimum atomic E-state index is 0. The van der Waals surface area contributed by atoms with Gasteiger partial charge in [-0.15, -0.1) is 24.0 Å². The van der Waals surface area contributed by atoms with Crippen molar-refractivity contribution in [2.24, 2.45) is 10.9 Å². The van der Waals surface area contributed by atoms with E-state index < -0.39 is 0 Å². The third-order valence-corrected chi connectivity index (χ3v) is 3.40. The Morgan fingerprint density at radius 2 is 2.15 bits per heavy atom. The molecule has 1 heterocycles. The topological polar surface area (TPSA) is 54.9 Å². The average Bonchev–Trinajstić information content (AvgIpc) is 3.10. The Morgan fingerprint density at radius 3 is 2.80 bits per heavy atom. The lowest BCUT2D eigenvalue weighted by Gasteiger charge is -2.12. The van der Waals surface area contributed by atoms with Crippen molar-refractivity contribution >= 4 is 29.9 Å². The Hall–Kier alpha value is -0.0800. The van der Waals surface area contributed by atoms with Gasteiger partial charge in [0.15, 0.2) is 5.96 Å². The van der Waals surface area contributed by atoms with Gasteiger partial charge < -0.3 is 20.1 Å². The molecule has 6 heteroatoms. The van der Waals surface area contributed by atoms with Crippen LogP contribution in [-0.4, -0.2) is 51.5 Å². The van der Waals surface area contributed by atoms with Crippen molar-refractivity contribution in [3.63, 3.8) is 0 Å². The fourth-order valence-electron chi connectivity index (χ4n) is 2.04. The van der Waals surface area contributed by atoms with Gasteiger partial charge in [-0.05, 0) is 38.5 Å². The van der Waals surface area contributed by atoms with Crippen molar-refractivity contribution in [2.45, 2.75) is 38.7 Å². The van der Waals surface area contributed by atoms with E-state index in [9.17, 15) is 0 Å². The first kappa shape index (κ1) is 18.0. The lowest BCUT2D eigenvalue weighted by molar-refractivity contribution is 0.0420. The summed E-state index contributed by atoms with van der Waals surface area (Å²) in [5, 5.41) is 6.63. The highest BCUT2D eigenvalue weighted by Gasteiger charge is 2.20. The fourth-order valence-corrected chi connectivity index (χ4v) is 2.04. The molecule has 1 aliphatic carbocycles. The lowest BCUT2D eigenvalue weighted by Crippen LogP contribution is -2.38. The second-order valence-corrected chi connectivity index (χ2v) is 5.30. The van der Waals surface area contributed by atoms with Gasteiger partial charge in [0, 0.05) is 32.8 Å². The van der Waals surface area contributed by atoms with Crippen LogP contribution in [0, 0.1) is 5.92 Å². The first-order valence-electron chi connectivity index (χ1n) is 7.60. The number of hydrogen-bond acceptors (Lipinski definition) is 3. The molecule has 2 aliphatic rings. The Kier molecular flexibility index (Phi) is 9.54. The minimum absolute atomic E-state index is 0. The standard InChI is InChI=1S/C14H27N3O2.HI/c1-2-15-14(17-10-12-4-5-12)16-7-3-8-19-13-6-9-18-11-13;/h12-13H,2-11H2,1H3,(H2,15,16,17);1H. The molecular weight excluding hydrogens is 369 g/mol. The molecular formula is C14H28IN3O2. The van der Waals surface area contributed by atoms with Crippen LogP contribution in [0.25, 0.3) is 0 Å². The molecule has 1 saturated heterocycles. The molecule has 0 radical (unpaired) electrons. The van der Waals surface area contributed by atoms with Gasteiger partial charge in [0.25, 0.3) is 0 Å². The highest BCUT2D eigenvalue weighted by molar-refractivity contribution is 14.0. The fraction of sp³-hybridized carbons (Fsp3) is 0.929. The number of guanidine groups is 1. The third-order valence-electron chi connectivity index (χ3n) is 3.40. The van der Waals surface area contributed by atoms with Gasteiger partial charge in [-0.1, -0.05) is 0 Å². The Bertz CT molecular complexity index is 280. The van der Waals surface area contributed by atoms with E-state index in [4.69, 9.17) is 9.47 Å². The largest absolute Gasteiger partial charge is 0.379 e. The van der Waals surface area contributed by atoms with Crippen LogP contribution in [0.4, 0.5) is 0 Å². The maximum Gasteiger partial charge on any atom is 0.191 e. The van der Waals surface area contributed by atoms with E-state index in [0.29, 0.717) is 6.10 Å².